The zero-order chi connectivity index (χ0) is 13.8. The van der Waals surface area contributed by atoms with E-state index in [-0.39, 0.29) is 5.54 Å². The summed E-state index contributed by atoms with van der Waals surface area (Å²) < 4.78 is 0. The highest BCUT2D eigenvalue weighted by Crippen LogP contribution is 2.19. The molecule has 18 heavy (non-hydrogen) atoms. The maximum absolute atomic E-state index is 3.62. The van der Waals surface area contributed by atoms with Gasteiger partial charge in [0.05, 0.1) is 0 Å². The van der Waals surface area contributed by atoms with E-state index in [0.29, 0.717) is 5.92 Å². The van der Waals surface area contributed by atoms with Crippen LogP contribution in [-0.4, -0.2) is 19.1 Å². The Balaban J connectivity index is 2.75. The van der Waals surface area contributed by atoms with Gasteiger partial charge in [-0.1, -0.05) is 32.0 Å². The first-order chi connectivity index (χ1) is 8.35. The molecule has 0 bridgehead atoms. The molecule has 0 atom stereocenters. The van der Waals surface area contributed by atoms with Gasteiger partial charge in [-0.25, -0.2) is 0 Å². The molecule has 0 aliphatic carbocycles. The average Bonchev–Trinajstić information content (AvgIpc) is 2.27. The van der Waals surface area contributed by atoms with Gasteiger partial charge >= 0.3 is 0 Å². The predicted octanol–water partition coefficient (Wildman–Crippen LogP) is 3.21. The lowest BCUT2D eigenvalue weighted by Gasteiger charge is -2.26. The zero-order valence-corrected chi connectivity index (χ0v) is 12.7. The summed E-state index contributed by atoms with van der Waals surface area (Å²) in [6.07, 6.45) is 0. The highest BCUT2D eigenvalue weighted by atomic mass is 15.0. The number of hydrogen-bond donors (Lipinski definition) is 2. The summed E-state index contributed by atoms with van der Waals surface area (Å²) in [6.45, 7) is 13.0. The molecule has 0 saturated carbocycles. The van der Waals surface area contributed by atoms with Crippen LogP contribution in [0, 0.1) is 6.92 Å². The molecular weight excluding hydrogens is 220 g/mol. The molecule has 0 aliphatic rings. The Morgan fingerprint density at radius 2 is 1.89 bits per heavy atom. The van der Waals surface area contributed by atoms with Crippen LogP contribution >= 0.6 is 0 Å². The van der Waals surface area contributed by atoms with Crippen molar-refractivity contribution >= 4 is 0 Å². The molecule has 0 spiro atoms. The van der Waals surface area contributed by atoms with Crippen LogP contribution in [0.5, 0.6) is 0 Å². The number of hydrogen-bond acceptors (Lipinski definition) is 2. The number of rotatable bonds is 6. The van der Waals surface area contributed by atoms with Crippen LogP contribution in [0.3, 0.4) is 0 Å². The third-order valence-corrected chi connectivity index (χ3v) is 3.42. The molecule has 0 fully saturated rings. The Bertz CT molecular complexity index is 381. The first-order valence-electron chi connectivity index (χ1n) is 6.85. The molecule has 0 unspecified atom stereocenters. The maximum atomic E-state index is 3.62. The van der Waals surface area contributed by atoms with E-state index in [0.717, 1.165) is 13.1 Å². The molecule has 0 amide bonds. The molecular formula is C16H28N2. The van der Waals surface area contributed by atoms with E-state index in [1.165, 1.54) is 16.7 Å². The van der Waals surface area contributed by atoms with Gasteiger partial charge in [-0.3, -0.25) is 0 Å². The minimum atomic E-state index is 0.120. The van der Waals surface area contributed by atoms with Gasteiger partial charge in [0.25, 0.3) is 0 Å². The predicted molar refractivity (Wildman–Crippen MR) is 80.1 cm³/mol. The molecule has 2 heteroatoms. The van der Waals surface area contributed by atoms with Gasteiger partial charge in [-0.2, -0.15) is 0 Å². The summed E-state index contributed by atoms with van der Waals surface area (Å²) in [5, 5.41) is 6.85. The van der Waals surface area contributed by atoms with Gasteiger partial charge in [-0.05, 0) is 50.4 Å². The summed E-state index contributed by atoms with van der Waals surface area (Å²) in [6, 6.07) is 6.81. The van der Waals surface area contributed by atoms with Crippen molar-refractivity contribution in [2.75, 3.05) is 13.6 Å². The number of aryl methyl sites for hydroxylation is 1. The minimum absolute atomic E-state index is 0.120. The Morgan fingerprint density at radius 1 is 1.22 bits per heavy atom. The second-order valence-electron chi connectivity index (χ2n) is 6.11. The molecule has 0 saturated heterocycles. The van der Waals surface area contributed by atoms with E-state index in [9.17, 15) is 0 Å². The number of benzene rings is 1. The fourth-order valence-electron chi connectivity index (χ4n) is 2.08. The van der Waals surface area contributed by atoms with Crippen LogP contribution in [0.4, 0.5) is 0 Å². The number of nitrogens with one attached hydrogen (secondary N) is 2. The summed E-state index contributed by atoms with van der Waals surface area (Å²) >= 11 is 0. The molecule has 0 radical (unpaired) electrons. The topological polar surface area (TPSA) is 24.1 Å². The maximum Gasteiger partial charge on any atom is 0.0252 e. The van der Waals surface area contributed by atoms with Crippen LogP contribution in [0.15, 0.2) is 18.2 Å². The van der Waals surface area contributed by atoms with Crippen molar-refractivity contribution in [2.24, 2.45) is 0 Å². The summed E-state index contributed by atoms with van der Waals surface area (Å²) in [5.74, 6) is 0.592. The van der Waals surface area contributed by atoms with Gasteiger partial charge in [0.1, 0.15) is 0 Å². The average molecular weight is 248 g/mol. The van der Waals surface area contributed by atoms with E-state index in [4.69, 9.17) is 0 Å². The van der Waals surface area contributed by atoms with Crippen molar-refractivity contribution in [1.82, 2.24) is 10.6 Å². The lowest BCUT2D eigenvalue weighted by molar-refractivity contribution is 0.373. The summed E-state index contributed by atoms with van der Waals surface area (Å²) in [4.78, 5) is 0. The highest BCUT2D eigenvalue weighted by molar-refractivity contribution is 5.32. The molecule has 1 aromatic rings. The first kappa shape index (κ1) is 15.2. The van der Waals surface area contributed by atoms with E-state index in [1.54, 1.807) is 0 Å². The van der Waals surface area contributed by atoms with Gasteiger partial charge in [0.15, 0.2) is 0 Å². The van der Waals surface area contributed by atoms with Gasteiger partial charge in [-0.15, -0.1) is 0 Å². The van der Waals surface area contributed by atoms with Crippen molar-refractivity contribution in [2.45, 2.75) is 52.6 Å². The van der Waals surface area contributed by atoms with Gasteiger partial charge in [0.2, 0.25) is 0 Å². The largest absolute Gasteiger partial charge is 0.318 e. The third-order valence-electron chi connectivity index (χ3n) is 3.42. The Hall–Kier alpha value is -0.860. The van der Waals surface area contributed by atoms with Crippen molar-refractivity contribution in [3.05, 3.63) is 34.9 Å². The monoisotopic (exact) mass is 248 g/mol. The smallest absolute Gasteiger partial charge is 0.0252 e. The van der Waals surface area contributed by atoms with Crippen LogP contribution in [0.2, 0.25) is 0 Å². The molecule has 2 nitrogen and oxygen atoms in total. The molecule has 102 valence electrons. The standard InChI is InChI=1S/C16H28N2/c1-12(2)14-8-7-13(3)15(9-14)10-18-16(4,5)11-17-6/h7-9,12,17-18H,10-11H2,1-6H3. The van der Waals surface area contributed by atoms with Gasteiger partial charge < -0.3 is 10.6 Å². The first-order valence-corrected chi connectivity index (χ1v) is 6.85. The fourth-order valence-corrected chi connectivity index (χ4v) is 2.08. The fraction of sp³-hybridized carbons (Fsp3) is 0.625. The highest BCUT2D eigenvalue weighted by Gasteiger charge is 2.15. The van der Waals surface area contributed by atoms with E-state index in [2.05, 4.69) is 63.5 Å². The normalized spacial score (nSPS) is 12.2. The Morgan fingerprint density at radius 3 is 2.44 bits per heavy atom. The van der Waals surface area contributed by atoms with Crippen LogP contribution in [-0.2, 0) is 6.54 Å². The molecule has 1 rings (SSSR count). The Kier molecular flexibility index (Phi) is 5.36. The molecule has 1 aromatic carbocycles. The quantitative estimate of drug-likeness (QED) is 0.808. The van der Waals surface area contributed by atoms with Crippen molar-refractivity contribution in [3.8, 4) is 0 Å². The van der Waals surface area contributed by atoms with E-state index >= 15 is 0 Å². The molecule has 0 aromatic heterocycles. The molecule has 0 aliphatic heterocycles. The van der Waals surface area contributed by atoms with E-state index in [1.807, 2.05) is 7.05 Å². The van der Waals surface area contributed by atoms with Crippen LogP contribution in [0.1, 0.15) is 50.3 Å². The Labute approximate surface area is 112 Å². The minimum Gasteiger partial charge on any atom is -0.318 e. The molecule has 2 N–H and O–H groups in total. The lowest BCUT2D eigenvalue weighted by atomic mass is 9.97. The number of likely N-dealkylation sites (N-methyl/N-ethyl adjacent to an activating group) is 1. The second kappa shape index (κ2) is 6.35. The third kappa shape index (κ3) is 4.43. The summed E-state index contributed by atoms with van der Waals surface area (Å²) in [7, 11) is 1.99. The second-order valence-corrected chi connectivity index (χ2v) is 6.11. The van der Waals surface area contributed by atoms with E-state index < -0.39 is 0 Å². The zero-order valence-electron chi connectivity index (χ0n) is 12.7. The van der Waals surface area contributed by atoms with Crippen molar-refractivity contribution < 1.29 is 0 Å². The SMILES string of the molecule is CNCC(C)(C)NCc1cc(C(C)C)ccc1C. The van der Waals surface area contributed by atoms with Crippen LogP contribution < -0.4 is 10.6 Å². The van der Waals surface area contributed by atoms with Crippen molar-refractivity contribution in [3.63, 3.8) is 0 Å². The molecule has 0 heterocycles. The van der Waals surface area contributed by atoms with Crippen molar-refractivity contribution in [1.29, 1.82) is 0 Å². The van der Waals surface area contributed by atoms with Gasteiger partial charge in [0, 0.05) is 18.6 Å². The van der Waals surface area contributed by atoms with Crippen LogP contribution in [0.25, 0.3) is 0 Å². The summed E-state index contributed by atoms with van der Waals surface area (Å²) in [5.41, 5.74) is 4.32. The lowest BCUT2D eigenvalue weighted by Crippen LogP contribution is -2.46.